The number of carbonyl (C=O) groups excluding carboxylic acids is 1. The zero-order valence-corrected chi connectivity index (χ0v) is 10.6. The molecule has 0 radical (unpaired) electrons. The number of carbonyl (C=O) groups is 1. The van der Waals surface area contributed by atoms with E-state index >= 15 is 0 Å². The Hall–Kier alpha value is -0.580. The van der Waals surface area contributed by atoms with Crippen molar-refractivity contribution in [2.24, 2.45) is 0 Å². The number of hydrogen-bond acceptors (Lipinski definition) is 4. The van der Waals surface area contributed by atoms with Crippen molar-refractivity contribution in [1.29, 1.82) is 0 Å². The second-order valence-electron chi connectivity index (χ2n) is 4.48. The van der Waals surface area contributed by atoms with Crippen LogP contribution in [0.4, 0.5) is 0 Å². The smallest absolute Gasteiger partial charge is 0.306 e. The highest BCUT2D eigenvalue weighted by molar-refractivity contribution is 7.90. The van der Waals surface area contributed by atoms with E-state index in [4.69, 9.17) is 4.74 Å². The first-order valence-electron chi connectivity index (χ1n) is 5.84. The summed E-state index contributed by atoms with van der Waals surface area (Å²) >= 11 is 0. The van der Waals surface area contributed by atoms with E-state index in [-0.39, 0.29) is 17.8 Å². The van der Waals surface area contributed by atoms with Gasteiger partial charge in [0.1, 0.15) is 15.9 Å². The lowest BCUT2D eigenvalue weighted by molar-refractivity contribution is -0.148. The van der Waals surface area contributed by atoms with Crippen LogP contribution in [0.1, 0.15) is 44.9 Å². The van der Waals surface area contributed by atoms with Gasteiger partial charge in [-0.15, -0.1) is 0 Å². The molecule has 0 saturated heterocycles. The largest absolute Gasteiger partial charge is 0.462 e. The van der Waals surface area contributed by atoms with Crippen molar-refractivity contribution >= 4 is 15.8 Å². The van der Waals surface area contributed by atoms with Gasteiger partial charge in [-0.3, -0.25) is 4.79 Å². The van der Waals surface area contributed by atoms with E-state index in [1.807, 2.05) is 0 Å². The predicted octanol–water partition coefficient (Wildman–Crippen LogP) is 1.69. The summed E-state index contributed by atoms with van der Waals surface area (Å²) in [5, 5.41) is 0. The molecule has 0 N–H and O–H groups in total. The lowest BCUT2D eigenvalue weighted by atomic mass is 10.2. The SMILES string of the molecule is CS(=O)(=O)CCCCC(=O)OC1CCCC1. The van der Waals surface area contributed by atoms with Gasteiger partial charge in [0.2, 0.25) is 0 Å². The lowest BCUT2D eigenvalue weighted by Gasteiger charge is -2.10. The standard InChI is InChI=1S/C11H20O4S/c1-16(13,14)9-5-4-8-11(12)15-10-6-2-3-7-10/h10H,2-9H2,1H3. The molecular weight excluding hydrogens is 228 g/mol. The zero-order valence-electron chi connectivity index (χ0n) is 9.78. The Balaban J connectivity index is 2.06. The molecule has 0 heterocycles. The van der Waals surface area contributed by atoms with E-state index < -0.39 is 9.84 Å². The van der Waals surface area contributed by atoms with Gasteiger partial charge in [-0.1, -0.05) is 0 Å². The van der Waals surface area contributed by atoms with E-state index in [1.54, 1.807) is 0 Å². The molecule has 5 heteroatoms. The average molecular weight is 248 g/mol. The third kappa shape index (κ3) is 6.10. The van der Waals surface area contributed by atoms with Gasteiger partial charge in [0.15, 0.2) is 0 Å². The van der Waals surface area contributed by atoms with Crippen molar-refractivity contribution in [1.82, 2.24) is 0 Å². The molecule has 0 atom stereocenters. The highest BCUT2D eigenvalue weighted by Crippen LogP contribution is 2.21. The summed E-state index contributed by atoms with van der Waals surface area (Å²) in [5.74, 6) is -0.0237. The number of rotatable bonds is 6. The highest BCUT2D eigenvalue weighted by Gasteiger charge is 2.18. The normalized spacial score (nSPS) is 17.6. The van der Waals surface area contributed by atoms with Crippen LogP contribution >= 0.6 is 0 Å². The minimum absolute atomic E-state index is 0.113. The fourth-order valence-corrected chi connectivity index (χ4v) is 2.61. The van der Waals surface area contributed by atoms with Gasteiger partial charge in [-0.05, 0) is 38.5 Å². The van der Waals surface area contributed by atoms with Gasteiger partial charge in [0.05, 0.1) is 0 Å². The predicted molar refractivity (Wildman–Crippen MR) is 61.9 cm³/mol. The van der Waals surface area contributed by atoms with Gasteiger partial charge in [-0.2, -0.15) is 0 Å². The molecule has 0 aromatic carbocycles. The monoisotopic (exact) mass is 248 g/mol. The molecule has 0 aromatic heterocycles. The molecule has 1 saturated carbocycles. The van der Waals surface area contributed by atoms with Crippen LogP contribution in [-0.4, -0.2) is 32.5 Å². The van der Waals surface area contributed by atoms with Crippen molar-refractivity contribution in [2.45, 2.75) is 51.0 Å². The third-order valence-corrected chi connectivity index (χ3v) is 3.78. The van der Waals surface area contributed by atoms with Crippen molar-refractivity contribution in [3.63, 3.8) is 0 Å². The van der Waals surface area contributed by atoms with Gasteiger partial charge in [0.25, 0.3) is 0 Å². The van der Waals surface area contributed by atoms with Crippen LogP contribution in [0.2, 0.25) is 0 Å². The number of hydrogen-bond donors (Lipinski definition) is 0. The van der Waals surface area contributed by atoms with Crippen LogP contribution in [0.15, 0.2) is 0 Å². The minimum Gasteiger partial charge on any atom is -0.462 e. The number of unbranched alkanes of at least 4 members (excludes halogenated alkanes) is 1. The molecule has 94 valence electrons. The maximum atomic E-state index is 11.4. The molecule has 0 aliphatic heterocycles. The molecule has 0 bridgehead atoms. The molecule has 4 nitrogen and oxygen atoms in total. The first-order valence-corrected chi connectivity index (χ1v) is 7.90. The molecule has 1 fully saturated rings. The van der Waals surface area contributed by atoms with Crippen molar-refractivity contribution in [3.8, 4) is 0 Å². The number of ether oxygens (including phenoxy) is 1. The second-order valence-corrected chi connectivity index (χ2v) is 6.74. The van der Waals surface area contributed by atoms with Gasteiger partial charge in [0, 0.05) is 18.4 Å². The second kappa shape index (κ2) is 6.23. The molecule has 16 heavy (non-hydrogen) atoms. The molecule has 1 rings (SSSR count). The molecule has 1 aliphatic carbocycles. The van der Waals surface area contributed by atoms with Crippen LogP contribution in [0.3, 0.4) is 0 Å². The topological polar surface area (TPSA) is 60.4 Å². The Morgan fingerprint density at radius 2 is 1.88 bits per heavy atom. The van der Waals surface area contributed by atoms with E-state index in [1.165, 1.54) is 6.26 Å². The first-order chi connectivity index (χ1) is 7.47. The number of esters is 1. The molecular formula is C11H20O4S. The third-order valence-electron chi connectivity index (χ3n) is 2.75. The molecule has 0 spiro atoms. The van der Waals surface area contributed by atoms with Crippen LogP contribution < -0.4 is 0 Å². The quantitative estimate of drug-likeness (QED) is 0.530. The fourth-order valence-electron chi connectivity index (χ4n) is 1.88. The van der Waals surface area contributed by atoms with Crippen molar-refractivity contribution < 1.29 is 17.9 Å². The summed E-state index contributed by atoms with van der Waals surface area (Å²) in [6.45, 7) is 0. The maximum Gasteiger partial charge on any atom is 0.306 e. The summed E-state index contributed by atoms with van der Waals surface area (Å²) in [6.07, 6.45) is 7.05. The Kier molecular flexibility index (Phi) is 5.25. The average Bonchev–Trinajstić information content (AvgIpc) is 2.63. The van der Waals surface area contributed by atoms with Gasteiger partial charge < -0.3 is 4.74 Å². The maximum absolute atomic E-state index is 11.4. The van der Waals surface area contributed by atoms with Crippen LogP contribution in [0, 0.1) is 0 Å². The van der Waals surface area contributed by atoms with Crippen molar-refractivity contribution in [3.05, 3.63) is 0 Å². The van der Waals surface area contributed by atoms with Crippen LogP contribution in [0.5, 0.6) is 0 Å². The van der Waals surface area contributed by atoms with Crippen LogP contribution in [-0.2, 0) is 19.4 Å². The summed E-state index contributed by atoms with van der Waals surface area (Å²) in [6, 6.07) is 0. The molecule has 1 aliphatic rings. The van der Waals surface area contributed by atoms with Gasteiger partial charge >= 0.3 is 5.97 Å². The van der Waals surface area contributed by atoms with E-state index in [0.29, 0.717) is 19.3 Å². The number of sulfone groups is 1. The fraction of sp³-hybridized carbons (Fsp3) is 0.909. The van der Waals surface area contributed by atoms with Crippen LogP contribution in [0.25, 0.3) is 0 Å². The molecule has 0 aromatic rings. The summed E-state index contributed by atoms with van der Waals surface area (Å²) in [5.41, 5.74) is 0. The minimum atomic E-state index is -2.90. The summed E-state index contributed by atoms with van der Waals surface area (Å²) in [7, 11) is -2.90. The van der Waals surface area contributed by atoms with E-state index in [2.05, 4.69) is 0 Å². The van der Waals surface area contributed by atoms with E-state index in [0.717, 1.165) is 25.7 Å². The summed E-state index contributed by atoms with van der Waals surface area (Å²) in [4.78, 5) is 11.4. The van der Waals surface area contributed by atoms with E-state index in [9.17, 15) is 13.2 Å². The van der Waals surface area contributed by atoms with Crippen molar-refractivity contribution in [2.75, 3.05) is 12.0 Å². The Labute approximate surface area is 97.3 Å². The Bertz CT molecular complexity index is 315. The molecule has 0 unspecified atom stereocenters. The van der Waals surface area contributed by atoms with Gasteiger partial charge in [-0.25, -0.2) is 8.42 Å². The Morgan fingerprint density at radius 1 is 1.25 bits per heavy atom. The zero-order chi connectivity index (χ0) is 12.0. The molecule has 0 amide bonds. The first kappa shape index (κ1) is 13.5. The summed E-state index contributed by atoms with van der Waals surface area (Å²) < 4.78 is 26.9. The highest BCUT2D eigenvalue weighted by atomic mass is 32.2. The lowest BCUT2D eigenvalue weighted by Crippen LogP contribution is -2.14. The Morgan fingerprint density at radius 3 is 2.44 bits per heavy atom.